The first-order valence-electron chi connectivity index (χ1n) is 4.90. The number of hydrogen-bond donors (Lipinski definition) is 0. The molecule has 0 fully saturated rings. The van der Waals surface area contributed by atoms with Crippen molar-refractivity contribution in [2.75, 3.05) is 30.9 Å². The topological polar surface area (TPSA) is 3.24 Å². The first-order valence-corrected chi connectivity index (χ1v) is 7.42. The van der Waals surface area contributed by atoms with Crippen LogP contribution in [0.4, 0.5) is 0 Å². The molecule has 0 rings (SSSR count). The van der Waals surface area contributed by atoms with E-state index in [0.717, 1.165) is 17.3 Å². The number of rotatable bonds is 7. The Balaban J connectivity index is 3.82. The molecule has 0 bridgehead atoms. The summed E-state index contributed by atoms with van der Waals surface area (Å²) >= 11 is 5.47. The van der Waals surface area contributed by atoms with Crippen molar-refractivity contribution in [2.45, 2.75) is 26.3 Å². The molecule has 3 heteroatoms. The molecule has 0 heterocycles. The lowest BCUT2D eigenvalue weighted by atomic mass is 10.1. The molecular formula is C10H22BrNS. The normalized spacial score (nSPS) is 16.2. The molecule has 0 radical (unpaired) electrons. The van der Waals surface area contributed by atoms with E-state index in [1.165, 1.54) is 18.7 Å². The largest absolute Gasteiger partial charge is 0.302 e. The van der Waals surface area contributed by atoms with E-state index in [4.69, 9.17) is 0 Å². The van der Waals surface area contributed by atoms with E-state index in [0.29, 0.717) is 0 Å². The first kappa shape index (κ1) is 13.8. The lowest BCUT2D eigenvalue weighted by Crippen LogP contribution is -2.36. The molecule has 0 spiro atoms. The second-order valence-electron chi connectivity index (χ2n) is 3.72. The van der Waals surface area contributed by atoms with Crippen LogP contribution in [0, 0.1) is 5.92 Å². The summed E-state index contributed by atoms with van der Waals surface area (Å²) in [4.78, 5) is 2.49. The van der Waals surface area contributed by atoms with E-state index < -0.39 is 0 Å². The number of thioether (sulfide) groups is 1. The maximum absolute atomic E-state index is 3.52. The maximum Gasteiger partial charge on any atom is 0.0180 e. The first-order chi connectivity index (χ1) is 6.15. The third-order valence-electron chi connectivity index (χ3n) is 2.32. The second-order valence-corrected chi connectivity index (χ2v) is 5.27. The molecule has 13 heavy (non-hydrogen) atoms. The zero-order chi connectivity index (χ0) is 10.3. The van der Waals surface area contributed by atoms with Crippen molar-refractivity contribution in [2.24, 2.45) is 5.92 Å². The molecule has 0 aromatic heterocycles. The van der Waals surface area contributed by atoms with Gasteiger partial charge in [0.1, 0.15) is 0 Å². The molecule has 0 aromatic rings. The Morgan fingerprint density at radius 1 is 1.46 bits per heavy atom. The van der Waals surface area contributed by atoms with E-state index >= 15 is 0 Å². The Morgan fingerprint density at radius 2 is 2.08 bits per heavy atom. The molecule has 0 saturated heterocycles. The van der Waals surface area contributed by atoms with E-state index in [-0.39, 0.29) is 0 Å². The summed E-state index contributed by atoms with van der Waals surface area (Å²) in [6, 6.07) is 0.747. The van der Waals surface area contributed by atoms with Crippen LogP contribution in [0.3, 0.4) is 0 Å². The molecule has 0 saturated carbocycles. The van der Waals surface area contributed by atoms with Gasteiger partial charge in [-0.3, -0.25) is 0 Å². The summed E-state index contributed by atoms with van der Waals surface area (Å²) in [5.41, 5.74) is 0. The van der Waals surface area contributed by atoms with Gasteiger partial charge in [-0.05, 0) is 25.6 Å². The lowest BCUT2D eigenvalue weighted by Gasteiger charge is -2.28. The standard InChI is InChI=1S/C10H22BrNS/c1-5-10(8-13-4)12(3)7-9(2)6-11/h9-10H,5-8H2,1-4H3. The summed E-state index contributed by atoms with van der Waals surface area (Å²) < 4.78 is 0. The van der Waals surface area contributed by atoms with Gasteiger partial charge in [-0.2, -0.15) is 11.8 Å². The molecule has 0 aliphatic carbocycles. The molecule has 0 aliphatic heterocycles. The van der Waals surface area contributed by atoms with Crippen LogP contribution in [0.25, 0.3) is 0 Å². The quantitative estimate of drug-likeness (QED) is 0.653. The average molecular weight is 268 g/mol. The summed E-state index contributed by atoms with van der Waals surface area (Å²) in [6.45, 7) is 5.76. The van der Waals surface area contributed by atoms with Crippen molar-refractivity contribution in [3.63, 3.8) is 0 Å². The zero-order valence-electron chi connectivity index (χ0n) is 9.22. The van der Waals surface area contributed by atoms with Crippen LogP contribution < -0.4 is 0 Å². The van der Waals surface area contributed by atoms with E-state index in [9.17, 15) is 0 Å². The molecule has 1 nitrogen and oxygen atoms in total. The average Bonchev–Trinajstić information content (AvgIpc) is 2.13. The predicted octanol–water partition coefficient (Wildman–Crippen LogP) is 3.09. The van der Waals surface area contributed by atoms with Crippen LogP contribution in [0.1, 0.15) is 20.3 Å². The van der Waals surface area contributed by atoms with Gasteiger partial charge in [-0.15, -0.1) is 0 Å². The predicted molar refractivity (Wildman–Crippen MR) is 68.0 cm³/mol. The van der Waals surface area contributed by atoms with Gasteiger partial charge in [0.25, 0.3) is 0 Å². The van der Waals surface area contributed by atoms with E-state index in [1.54, 1.807) is 0 Å². The SMILES string of the molecule is CCC(CSC)N(C)CC(C)CBr. The monoisotopic (exact) mass is 267 g/mol. The fraction of sp³-hybridized carbons (Fsp3) is 1.00. The fourth-order valence-electron chi connectivity index (χ4n) is 1.44. The van der Waals surface area contributed by atoms with Gasteiger partial charge >= 0.3 is 0 Å². The molecule has 2 atom stereocenters. The summed E-state index contributed by atoms with van der Waals surface area (Å²) in [5.74, 6) is 2.00. The minimum absolute atomic E-state index is 0.747. The van der Waals surface area contributed by atoms with Crippen LogP contribution in [0.5, 0.6) is 0 Å². The van der Waals surface area contributed by atoms with Crippen molar-refractivity contribution in [3.8, 4) is 0 Å². The van der Waals surface area contributed by atoms with Gasteiger partial charge in [-0.25, -0.2) is 0 Å². The van der Waals surface area contributed by atoms with Crippen molar-refractivity contribution in [3.05, 3.63) is 0 Å². The van der Waals surface area contributed by atoms with Crippen molar-refractivity contribution in [1.82, 2.24) is 4.90 Å². The highest BCUT2D eigenvalue weighted by Crippen LogP contribution is 2.11. The van der Waals surface area contributed by atoms with Gasteiger partial charge in [0, 0.05) is 23.7 Å². The summed E-state index contributed by atoms with van der Waals surface area (Å²) in [7, 11) is 2.24. The second kappa shape index (κ2) is 8.13. The van der Waals surface area contributed by atoms with Gasteiger partial charge in [0.15, 0.2) is 0 Å². The lowest BCUT2D eigenvalue weighted by molar-refractivity contribution is 0.231. The minimum Gasteiger partial charge on any atom is -0.302 e. The van der Waals surface area contributed by atoms with Crippen LogP contribution in [0.15, 0.2) is 0 Å². The number of nitrogens with zero attached hydrogens (tertiary/aromatic N) is 1. The zero-order valence-corrected chi connectivity index (χ0v) is 11.6. The van der Waals surface area contributed by atoms with Crippen molar-refractivity contribution in [1.29, 1.82) is 0 Å². The Morgan fingerprint density at radius 3 is 2.46 bits per heavy atom. The fourth-order valence-corrected chi connectivity index (χ4v) is 2.52. The van der Waals surface area contributed by atoms with Crippen LogP contribution in [0.2, 0.25) is 0 Å². The van der Waals surface area contributed by atoms with Gasteiger partial charge < -0.3 is 4.90 Å². The Bertz CT molecular complexity index is 121. The molecule has 80 valence electrons. The van der Waals surface area contributed by atoms with Gasteiger partial charge in [0.05, 0.1) is 0 Å². The van der Waals surface area contributed by atoms with Crippen LogP contribution in [-0.2, 0) is 0 Å². The molecular weight excluding hydrogens is 246 g/mol. The van der Waals surface area contributed by atoms with E-state index in [1.807, 2.05) is 11.8 Å². The molecule has 0 aromatic carbocycles. The highest BCUT2D eigenvalue weighted by atomic mass is 79.9. The summed E-state index contributed by atoms with van der Waals surface area (Å²) in [6.07, 6.45) is 3.44. The minimum atomic E-state index is 0.747. The number of halogens is 1. The number of alkyl halides is 1. The maximum atomic E-state index is 3.52. The smallest absolute Gasteiger partial charge is 0.0180 e. The van der Waals surface area contributed by atoms with Crippen LogP contribution >= 0.6 is 27.7 Å². The molecule has 0 N–H and O–H groups in total. The van der Waals surface area contributed by atoms with Gasteiger partial charge in [-0.1, -0.05) is 29.8 Å². The highest BCUT2D eigenvalue weighted by molar-refractivity contribution is 9.09. The van der Waals surface area contributed by atoms with Crippen molar-refractivity contribution < 1.29 is 0 Å². The van der Waals surface area contributed by atoms with Crippen LogP contribution in [-0.4, -0.2) is 41.9 Å². The van der Waals surface area contributed by atoms with Gasteiger partial charge in [0.2, 0.25) is 0 Å². The van der Waals surface area contributed by atoms with E-state index in [2.05, 4.69) is 48.0 Å². The van der Waals surface area contributed by atoms with Crippen molar-refractivity contribution >= 4 is 27.7 Å². The Labute approximate surface area is 95.8 Å². The summed E-state index contributed by atoms with van der Waals surface area (Å²) in [5, 5.41) is 1.10. The molecule has 0 amide bonds. The third kappa shape index (κ3) is 5.97. The highest BCUT2D eigenvalue weighted by Gasteiger charge is 2.13. The molecule has 2 unspecified atom stereocenters. The Hall–Kier alpha value is 0.790. The third-order valence-corrected chi connectivity index (χ3v) is 4.14. The Kier molecular flexibility index (Phi) is 8.62. The number of hydrogen-bond acceptors (Lipinski definition) is 2. The molecule has 0 aliphatic rings.